The minimum Gasteiger partial charge on any atom is -0.475 e. The zero-order valence-corrected chi connectivity index (χ0v) is 10.9. The number of hydrogen-bond acceptors (Lipinski definition) is 3. The first-order valence-corrected chi connectivity index (χ1v) is 6.07. The van der Waals surface area contributed by atoms with Crippen LogP contribution in [-0.2, 0) is 4.74 Å². The molecule has 0 amide bonds. The lowest BCUT2D eigenvalue weighted by Gasteiger charge is -1.96. The van der Waals surface area contributed by atoms with Crippen LogP contribution in [0.15, 0.2) is 60.2 Å². The van der Waals surface area contributed by atoms with Crippen molar-refractivity contribution in [2.75, 3.05) is 6.61 Å². The molecule has 0 aliphatic rings. The van der Waals surface area contributed by atoms with Crippen molar-refractivity contribution in [3.8, 4) is 0 Å². The van der Waals surface area contributed by atoms with Gasteiger partial charge in [0.1, 0.15) is 6.61 Å². The van der Waals surface area contributed by atoms with Crippen molar-refractivity contribution in [2.24, 2.45) is 0 Å². The quantitative estimate of drug-likeness (QED) is 0.358. The van der Waals surface area contributed by atoms with Crippen molar-refractivity contribution in [1.82, 2.24) is 0 Å². The molecule has 0 saturated heterocycles. The molecule has 19 heavy (non-hydrogen) atoms. The van der Waals surface area contributed by atoms with Crippen LogP contribution in [0.4, 0.5) is 0 Å². The molecule has 1 N–H and O–H groups in total. The fourth-order valence-corrected chi connectivity index (χ4v) is 1.32. The number of aliphatic hydroxyl groups excluding tert-OH is 1. The van der Waals surface area contributed by atoms with Gasteiger partial charge in [-0.15, -0.1) is 0 Å². The standard InChI is InChI=1S/C15H16N2O2/c1-2-3-7-12-19-15(18)14(17-16)11-10-13-8-5-4-6-9-13/h3-11H,2,12H2,1H3/p+1/b7-3+,11-10+,15-14-. The molecular formula is C15H17N2O2+. The number of rotatable bonds is 6. The highest BCUT2D eigenvalue weighted by molar-refractivity contribution is 5.53. The maximum absolute atomic E-state index is 9.60. The van der Waals surface area contributed by atoms with E-state index in [9.17, 15) is 5.11 Å². The summed E-state index contributed by atoms with van der Waals surface area (Å²) in [5.74, 6) is -0.407. The minimum absolute atomic E-state index is 0.0197. The lowest BCUT2D eigenvalue weighted by molar-refractivity contribution is 0.110. The number of diazo groups is 1. The van der Waals surface area contributed by atoms with Crippen LogP contribution in [0.3, 0.4) is 0 Å². The van der Waals surface area contributed by atoms with Crippen LogP contribution in [0.5, 0.6) is 0 Å². The summed E-state index contributed by atoms with van der Waals surface area (Å²) in [4.78, 5) is 3.00. The number of ether oxygens (including phenoxy) is 1. The SMILES string of the molecule is CC/C=C/CO/C(O)=C(/C=C/c1ccccc1)[N+]#N. The topological polar surface area (TPSA) is 57.6 Å². The maximum atomic E-state index is 9.60. The third kappa shape index (κ3) is 5.55. The summed E-state index contributed by atoms with van der Waals surface area (Å²) in [5.41, 5.74) is 0.913. The second-order valence-corrected chi connectivity index (χ2v) is 3.73. The maximum Gasteiger partial charge on any atom is 0.464 e. The first-order valence-electron chi connectivity index (χ1n) is 6.07. The summed E-state index contributed by atoms with van der Waals surface area (Å²) in [6.07, 6.45) is 7.80. The van der Waals surface area contributed by atoms with E-state index in [0.717, 1.165) is 12.0 Å². The van der Waals surface area contributed by atoms with Gasteiger partial charge in [-0.05, 0) is 18.1 Å². The first-order chi connectivity index (χ1) is 9.27. The molecule has 4 nitrogen and oxygen atoms in total. The van der Waals surface area contributed by atoms with Crippen LogP contribution in [0.1, 0.15) is 18.9 Å². The molecule has 0 fully saturated rings. The number of allylic oxidation sites excluding steroid dienone is 2. The van der Waals surface area contributed by atoms with E-state index in [-0.39, 0.29) is 12.3 Å². The van der Waals surface area contributed by atoms with Gasteiger partial charge >= 0.3 is 11.6 Å². The lowest BCUT2D eigenvalue weighted by atomic mass is 10.2. The van der Waals surface area contributed by atoms with Crippen LogP contribution in [0.2, 0.25) is 0 Å². The minimum atomic E-state index is -0.407. The van der Waals surface area contributed by atoms with E-state index in [0.29, 0.717) is 0 Å². The van der Waals surface area contributed by atoms with Gasteiger partial charge in [-0.25, -0.2) is 0 Å². The summed E-state index contributed by atoms with van der Waals surface area (Å²) in [5, 5.41) is 18.4. The summed E-state index contributed by atoms with van der Waals surface area (Å²) in [6.45, 7) is 2.24. The van der Waals surface area contributed by atoms with Gasteiger partial charge in [0, 0.05) is 6.08 Å². The molecule has 0 atom stereocenters. The zero-order chi connectivity index (χ0) is 13.9. The van der Waals surface area contributed by atoms with Gasteiger partial charge in [-0.2, -0.15) is 0 Å². The molecule has 0 aromatic heterocycles. The van der Waals surface area contributed by atoms with E-state index in [1.165, 1.54) is 6.08 Å². The molecule has 0 heterocycles. The van der Waals surface area contributed by atoms with Crippen molar-refractivity contribution < 1.29 is 9.84 Å². The summed E-state index contributed by atoms with van der Waals surface area (Å²) in [6, 6.07) is 9.49. The van der Waals surface area contributed by atoms with Crippen molar-refractivity contribution >= 4 is 6.08 Å². The molecule has 98 valence electrons. The molecule has 1 aromatic rings. The number of aliphatic hydroxyl groups is 1. The van der Waals surface area contributed by atoms with Crippen LogP contribution in [-0.4, -0.2) is 11.7 Å². The van der Waals surface area contributed by atoms with E-state index >= 15 is 0 Å². The second kappa shape index (κ2) is 8.54. The van der Waals surface area contributed by atoms with E-state index < -0.39 is 5.95 Å². The van der Waals surface area contributed by atoms with E-state index in [1.54, 1.807) is 12.2 Å². The Balaban J connectivity index is 2.69. The summed E-state index contributed by atoms with van der Waals surface area (Å²) in [7, 11) is 0. The van der Waals surface area contributed by atoms with Crippen molar-refractivity contribution in [3.63, 3.8) is 0 Å². The third-order valence-corrected chi connectivity index (χ3v) is 2.28. The average Bonchev–Trinajstić information content (AvgIpc) is 2.45. The van der Waals surface area contributed by atoms with Crippen LogP contribution >= 0.6 is 0 Å². The van der Waals surface area contributed by atoms with Gasteiger partial charge in [0.25, 0.3) is 0 Å². The zero-order valence-electron chi connectivity index (χ0n) is 10.9. The van der Waals surface area contributed by atoms with Gasteiger partial charge in [0.2, 0.25) is 5.39 Å². The Kier molecular flexibility index (Phi) is 6.52. The molecule has 0 aliphatic heterocycles. The Hall–Kier alpha value is -2.54. The lowest BCUT2D eigenvalue weighted by Crippen LogP contribution is -1.93. The molecule has 1 rings (SSSR count). The monoisotopic (exact) mass is 257 g/mol. The molecule has 1 aromatic carbocycles. The number of nitrogens with zero attached hydrogens (tertiary/aromatic N) is 2. The van der Waals surface area contributed by atoms with E-state index in [1.807, 2.05) is 43.3 Å². The second-order valence-electron chi connectivity index (χ2n) is 3.73. The van der Waals surface area contributed by atoms with Gasteiger partial charge in [0.05, 0.1) is 0 Å². The molecule has 0 bridgehead atoms. The highest BCUT2D eigenvalue weighted by Crippen LogP contribution is 2.10. The molecule has 0 saturated carbocycles. The highest BCUT2D eigenvalue weighted by atomic mass is 16.6. The normalized spacial score (nSPS) is 12.4. The molecule has 0 radical (unpaired) electrons. The van der Waals surface area contributed by atoms with Gasteiger partial charge in [-0.1, -0.05) is 49.4 Å². The van der Waals surface area contributed by atoms with Crippen LogP contribution in [0, 0.1) is 5.39 Å². The van der Waals surface area contributed by atoms with Crippen LogP contribution < -0.4 is 0 Å². The Morgan fingerprint density at radius 2 is 2.05 bits per heavy atom. The molecule has 4 heteroatoms. The smallest absolute Gasteiger partial charge is 0.464 e. The van der Waals surface area contributed by atoms with E-state index in [4.69, 9.17) is 10.1 Å². The Labute approximate surface area is 113 Å². The summed E-state index contributed by atoms with van der Waals surface area (Å²) >= 11 is 0. The predicted octanol–water partition coefficient (Wildman–Crippen LogP) is 4.26. The van der Waals surface area contributed by atoms with Gasteiger partial charge in [-0.3, -0.25) is 0 Å². The van der Waals surface area contributed by atoms with Crippen LogP contribution in [0.25, 0.3) is 11.1 Å². The summed E-state index contributed by atoms with van der Waals surface area (Å²) < 4.78 is 5.03. The van der Waals surface area contributed by atoms with Crippen molar-refractivity contribution in [2.45, 2.75) is 13.3 Å². The number of benzene rings is 1. The average molecular weight is 257 g/mol. The largest absolute Gasteiger partial charge is 0.475 e. The van der Waals surface area contributed by atoms with Gasteiger partial charge in [0.15, 0.2) is 4.98 Å². The third-order valence-electron chi connectivity index (χ3n) is 2.28. The molecule has 0 spiro atoms. The fourth-order valence-electron chi connectivity index (χ4n) is 1.32. The first kappa shape index (κ1) is 14.5. The number of hydrogen-bond donors (Lipinski definition) is 1. The predicted molar refractivity (Wildman–Crippen MR) is 75.6 cm³/mol. The highest BCUT2D eigenvalue weighted by Gasteiger charge is 2.16. The van der Waals surface area contributed by atoms with Gasteiger partial charge < -0.3 is 9.84 Å². The Bertz CT molecular complexity index is 511. The van der Waals surface area contributed by atoms with Crippen molar-refractivity contribution in [3.05, 3.63) is 70.7 Å². The fraction of sp³-hybridized carbons (Fsp3) is 0.200. The Morgan fingerprint density at radius 1 is 1.32 bits per heavy atom. The van der Waals surface area contributed by atoms with E-state index in [2.05, 4.69) is 4.98 Å². The Morgan fingerprint density at radius 3 is 2.68 bits per heavy atom. The molecule has 0 aliphatic carbocycles. The molecule has 0 unspecified atom stereocenters. The van der Waals surface area contributed by atoms with Crippen molar-refractivity contribution in [1.29, 1.82) is 5.39 Å². The molecular weight excluding hydrogens is 240 g/mol.